The predicted octanol–water partition coefficient (Wildman–Crippen LogP) is 8.61. The first kappa shape index (κ1) is 37.6. The van der Waals surface area contributed by atoms with Crippen LogP contribution in [-0.2, 0) is 9.53 Å². The van der Waals surface area contributed by atoms with E-state index in [2.05, 4.69) is 13.8 Å². The first-order valence-electron chi connectivity index (χ1n) is 16.0. The Balaban J connectivity index is -0.00000544. The minimum atomic E-state index is 0. The quantitative estimate of drug-likeness (QED) is 0.0579. The van der Waals surface area contributed by atoms with Gasteiger partial charge in [0.2, 0.25) is 0 Å². The van der Waals surface area contributed by atoms with Crippen LogP contribution in [0.15, 0.2) is 0 Å². The molecule has 2 nitrogen and oxygen atoms in total. The van der Waals surface area contributed by atoms with E-state index in [-0.39, 0.29) is 37.0 Å². The van der Waals surface area contributed by atoms with Crippen molar-refractivity contribution in [3.05, 3.63) is 0 Å². The van der Waals surface area contributed by atoms with Gasteiger partial charge in [0.25, 0.3) is 0 Å². The van der Waals surface area contributed by atoms with E-state index < -0.39 is 0 Å². The number of ether oxygens (including phenoxy) is 1. The average molecular weight is 505 g/mol. The summed E-state index contributed by atoms with van der Waals surface area (Å²) in [4.78, 5) is 11.9. The first-order chi connectivity index (χ1) is 16.8. The van der Waals surface area contributed by atoms with Crippen molar-refractivity contribution < 1.29 is 40.5 Å². The van der Waals surface area contributed by atoms with Crippen LogP contribution in [0.4, 0.5) is 0 Å². The van der Waals surface area contributed by atoms with Crippen LogP contribution >= 0.6 is 0 Å². The van der Waals surface area contributed by atoms with Crippen LogP contribution in [0, 0.1) is 0 Å². The third-order valence-electron chi connectivity index (χ3n) is 7.25. The fourth-order valence-electron chi connectivity index (χ4n) is 4.84. The number of esters is 1. The van der Waals surface area contributed by atoms with E-state index in [0.717, 1.165) is 12.8 Å². The molecule has 0 aliphatic heterocycles. The van der Waals surface area contributed by atoms with Crippen molar-refractivity contribution in [2.75, 3.05) is 6.61 Å². The van der Waals surface area contributed by atoms with Crippen LogP contribution in [0.3, 0.4) is 0 Å². The fraction of sp³-hybridized carbons (Fsp3) is 0.969. The summed E-state index contributed by atoms with van der Waals surface area (Å²) in [6.45, 7) is 5.20. The maximum absolute atomic E-state index is 11.9. The molecule has 0 saturated heterocycles. The monoisotopic (exact) mass is 504 g/mol. The third-order valence-corrected chi connectivity index (χ3v) is 7.25. The zero-order chi connectivity index (χ0) is 24.8. The molecule has 0 fully saturated rings. The van der Waals surface area contributed by atoms with Crippen LogP contribution in [-0.4, -0.2) is 12.6 Å². The second kappa shape index (κ2) is 34.5. The Bertz CT molecular complexity index is 392. The summed E-state index contributed by atoms with van der Waals surface area (Å²) in [6.07, 6.45) is 37.2. The first-order valence-corrected chi connectivity index (χ1v) is 16.0. The summed E-state index contributed by atoms with van der Waals surface area (Å²) in [5.41, 5.74) is 0. The molecule has 0 aromatic rings. The number of carbonyl (C=O) groups is 1. The minimum Gasteiger partial charge on any atom is -1.00 e. The number of unbranched alkanes of at least 4 members (excludes halogenated alkanes) is 25. The maximum Gasteiger partial charge on any atom is 1.00 e. The molecule has 0 bridgehead atoms. The Labute approximate surface area is 245 Å². The van der Waals surface area contributed by atoms with Gasteiger partial charge in [-0.1, -0.05) is 174 Å². The molecule has 206 valence electrons. The van der Waals surface area contributed by atoms with Gasteiger partial charge in [-0.2, -0.15) is 0 Å². The Morgan fingerprint density at radius 3 is 1.00 bits per heavy atom. The van der Waals surface area contributed by atoms with E-state index in [1.165, 1.54) is 161 Å². The molecular weight excluding hydrogens is 439 g/mol. The third kappa shape index (κ3) is 34.5. The second-order valence-electron chi connectivity index (χ2n) is 10.8. The topological polar surface area (TPSA) is 26.3 Å². The second-order valence-corrected chi connectivity index (χ2v) is 10.8. The summed E-state index contributed by atoms with van der Waals surface area (Å²) >= 11 is 0. The Kier molecular flexibility index (Phi) is 37.1. The predicted molar refractivity (Wildman–Crippen MR) is 153 cm³/mol. The van der Waals surface area contributed by atoms with Crippen molar-refractivity contribution in [2.24, 2.45) is 0 Å². The van der Waals surface area contributed by atoms with Crippen molar-refractivity contribution in [2.45, 2.75) is 194 Å². The van der Waals surface area contributed by atoms with Crippen LogP contribution in [0.5, 0.6) is 0 Å². The summed E-state index contributed by atoms with van der Waals surface area (Å²) in [7, 11) is 0. The largest absolute Gasteiger partial charge is 1.00 e. The molecule has 0 amide bonds. The normalized spacial score (nSPS) is 10.9. The molecule has 0 aromatic heterocycles. The summed E-state index contributed by atoms with van der Waals surface area (Å²) < 4.78 is 5.42. The molecule has 0 aromatic carbocycles. The average Bonchev–Trinajstić information content (AvgIpc) is 2.84. The van der Waals surface area contributed by atoms with Crippen molar-refractivity contribution in [3.63, 3.8) is 0 Å². The van der Waals surface area contributed by atoms with Crippen molar-refractivity contribution in [1.29, 1.82) is 0 Å². The standard InChI is InChI=1S/C32H64O2.Na.H/c1-3-5-7-9-11-13-15-17-19-21-23-25-27-29-31-34-32(33)30-28-26-24-22-20-18-16-14-12-10-8-6-4-2;;/h3-31H2,1-2H3;;/q;+1;-1. The fourth-order valence-corrected chi connectivity index (χ4v) is 4.84. The van der Waals surface area contributed by atoms with Gasteiger partial charge in [-0.15, -0.1) is 0 Å². The minimum absolute atomic E-state index is 0. The van der Waals surface area contributed by atoms with Gasteiger partial charge in [-0.05, 0) is 12.8 Å². The Morgan fingerprint density at radius 2 is 0.686 bits per heavy atom. The van der Waals surface area contributed by atoms with E-state index >= 15 is 0 Å². The van der Waals surface area contributed by atoms with E-state index in [1.54, 1.807) is 0 Å². The van der Waals surface area contributed by atoms with Gasteiger partial charge in [0.05, 0.1) is 6.61 Å². The molecule has 0 radical (unpaired) electrons. The molecular formula is C32H65NaO2. The summed E-state index contributed by atoms with van der Waals surface area (Å²) in [6, 6.07) is 0. The Hall–Kier alpha value is 0.470. The van der Waals surface area contributed by atoms with Gasteiger partial charge in [0, 0.05) is 6.42 Å². The molecule has 0 aliphatic rings. The molecule has 0 N–H and O–H groups in total. The van der Waals surface area contributed by atoms with E-state index in [9.17, 15) is 4.79 Å². The molecule has 0 aliphatic carbocycles. The van der Waals surface area contributed by atoms with E-state index in [0.29, 0.717) is 13.0 Å². The zero-order valence-corrected chi connectivity index (χ0v) is 26.8. The SMILES string of the molecule is CCCCCCCCCCCCCCCCOC(=O)CCCCCCCCCCCCCCC.[H-].[Na+]. The molecule has 0 heterocycles. The van der Waals surface area contributed by atoms with Crippen molar-refractivity contribution in [3.8, 4) is 0 Å². The molecule has 0 saturated carbocycles. The van der Waals surface area contributed by atoms with Crippen LogP contribution in [0.2, 0.25) is 0 Å². The van der Waals surface area contributed by atoms with Crippen LogP contribution < -0.4 is 29.6 Å². The number of hydrogen-bond acceptors (Lipinski definition) is 2. The van der Waals surface area contributed by atoms with Gasteiger partial charge in [0.1, 0.15) is 0 Å². The number of rotatable bonds is 29. The number of hydrogen-bond donors (Lipinski definition) is 0. The summed E-state index contributed by atoms with van der Waals surface area (Å²) in [5, 5.41) is 0. The molecule has 0 rings (SSSR count). The summed E-state index contributed by atoms with van der Waals surface area (Å²) in [5.74, 6) is 0.0257. The Morgan fingerprint density at radius 1 is 0.429 bits per heavy atom. The van der Waals surface area contributed by atoms with Gasteiger partial charge in [-0.3, -0.25) is 4.79 Å². The van der Waals surface area contributed by atoms with E-state index in [4.69, 9.17) is 4.74 Å². The molecule has 35 heavy (non-hydrogen) atoms. The maximum atomic E-state index is 11.9. The van der Waals surface area contributed by atoms with Gasteiger partial charge >= 0.3 is 35.5 Å². The molecule has 0 spiro atoms. The number of carbonyl (C=O) groups excluding carboxylic acids is 1. The smallest absolute Gasteiger partial charge is 1.00 e. The van der Waals surface area contributed by atoms with Crippen molar-refractivity contribution >= 4 is 5.97 Å². The van der Waals surface area contributed by atoms with Gasteiger partial charge in [-0.25, -0.2) is 0 Å². The van der Waals surface area contributed by atoms with Crippen LogP contribution in [0.1, 0.15) is 195 Å². The van der Waals surface area contributed by atoms with Crippen molar-refractivity contribution in [1.82, 2.24) is 0 Å². The van der Waals surface area contributed by atoms with Gasteiger partial charge < -0.3 is 6.16 Å². The molecule has 3 heteroatoms. The molecule has 0 unspecified atom stereocenters. The zero-order valence-electron chi connectivity index (χ0n) is 25.8. The van der Waals surface area contributed by atoms with Crippen LogP contribution in [0.25, 0.3) is 0 Å². The van der Waals surface area contributed by atoms with E-state index in [1.807, 2.05) is 0 Å². The molecule has 0 atom stereocenters. The van der Waals surface area contributed by atoms with Gasteiger partial charge in [0.15, 0.2) is 0 Å².